The fourth-order valence-electron chi connectivity index (χ4n) is 1.90. The van der Waals surface area contributed by atoms with Crippen LogP contribution >= 0.6 is 23.2 Å². The van der Waals surface area contributed by atoms with Crippen molar-refractivity contribution >= 4 is 40.8 Å². The van der Waals surface area contributed by atoms with E-state index in [9.17, 15) is 14.0 Å². The number of esters is 1. The zero-order valence-electron chi connectivity index (χ0n) is 13.1. The molecule has 0 bridgehead atoms. The molecule has 25 heavy (non-hydrogen) atoms. The maximum Gasteiger partial charge on any atom is 0.344 e. The van der Waals surface area contributed by atoms with Gasteiger partial charge in [-0.15, -0.1) is 0 Å². The molecule has 8 heteroatoms. The second kappa shape index (κ2) is 8.69. The Kier molecular flexibility index (Phi) is 6.61. The number of carbonyl (C=O) groups is 2. The van der Waals surface area contributed by atoms with Crippen LogP contribution in [-0.4, -0.2) is 25.1 Å². The van der Waals surface area contributed by atoms with Crippen LogP contribution in [0.2, 0.25) is 10.0 Å². The highest BCUT2D eigenvalue weighted by molar-refractivity contribution is 6.37. The van der Waals surface area contributed by atoms with Gasteiger partial charge < -0.3 is 14.8 Å². The molecule has 5 nitrogen and oxygen atoms in total. The van der Waals surface area contributed by atoms with Gasteiger partial charge in [0.05, 0.1) is 22.2 Å². The summed E-state index contributed by atoms with van der Waals surface area (Å²) in [6.07, 6.45) is 0. The molecule has 0 unspecified atom stereocenters. The van der Waals surface area contributed by atoms with E-state index in [0.29, 0.717) is 11.4 Å². The van der Waals surface area contributed by atoms with Crippen molar-refractivity contribution in [2.45, 2.75) is 6.92 Å². The second-order valence-corrected chi connectivity index (χ2v) is 5.64. The van der Waals surface area contributed by atoms with Gasteiger partial charge in [0.1, 0.15) is 11.6 Å². The minimum Gasteiger partial charge on any atom is -0.482 e. The normalized spacial score (nSPS) is 10.2. The molecule has 0 saturated heterocycles. The lowest BCUT2D eigenvalue weighted by atomic mass is 10.2. The quantitative estimate of drug-likeness (QED) is 0.593. The summed E-state index contributed by atoms with van der Waals surface area (Å²) in [5.41, 5.74) is 0.333. The lowest BCUT2D eigenvalue weighted by molar-refractivity contribution is -0.145. The predicted octanol–water partition coefficient (Wildman–Crippen LogP) is 4.33. The van der Waals surface area contributed by atoms with Crippen LogP contribution in [0.3, 0.4) is 0 Å². The van der Waals surface area contributed by atoms with E-state index in [1.54, 1.807) is 25.1 Å². The number of amides is 1. The van der Waals surface area contributed by atoms with Crippen molar-refractivity contribution in [3.63, 3.8) is 0 Å². The molecular formula is C17H14Cl2FNO4. The van der Waals surface area contributed by atoms with E-state index in [-0.39, 0.29) is 28.8 Å². The van der Waals surface area contributed by atoms with E-state index in [0.717, 1.165) is 12.1 Å². The highest BCUT2D eigenvalue weighted by atomic mass is 35.5. The molecular weight excluding hydrogens is 372 g/mol. The number of halogens is 3. The van der Waals surface area contributed by atoms with Crippen LogP contribution in [-0.2, 0) is 9.53 Å². The number of anilines is 1. The fourth-order valence-corrected chi connectivity index (χ4v) is 2.37. The van der Waals surface area contributed by atoms with Crippen molar-refractivity contribution in [2.75, 3.05) is 18.5 Å². The number of hydrogen-bond acceptors (Lipinski definition) is 4. The molecule has 132 valence electrons. The van der Waals surface area contributed by atoms with Crippen LogP contribution in [0.1, 0.15) is 17.3 Å². The molecule has 2 aromatic rings. The predicted molar refractivity (Wildman–Crippen MR) is 92.9 cm³/mol. The number of hydrogen-bond donors (Lipinski definition) is 1. The van der Waals surface area contributed by atoms with Crippen molar-refractivity contribution in [3.05, 3.63) is 57.8 Å². The van der Waals surface area contributed by atoms with Gasteiger partial charge in [0.2, 0.25) is 0 Å². The van der Waals surface area contributed by atoms with Gasteiger partial charge in [-0.1, -0.05) is 29.3 Å². The zero-order chi connectivity index (χ0) is 18.4. The first-order valence-electron chi connectivity index (χ1n) is 7.25. The molecule has 0 heterocycles. The standard InChI is InChI=1S/C17H14Cl2FNO4/c1-2-24-16(22)9-25-11-5-3-4-10(6-11)21-17(23)12-7-15(20)14(19)8-13(12)18/h3-8H,2,9H2,1H3,(H,21,23). The van der Waals surface area contributed by atoms with Gasteiger partial charge in [0.25, 0.3) is 5.91 Å². The molecule has 0 aliphatic heterocycles. The summed E-state index contributed by atoms with van der Waals surface area (Å²) in [5, 5.41) is 2.43. The summed E-state index contributed by atoms with van der Waals surface area (Å²) >= 11 is 11.5. The Morgan fingerprint density at radius 2 is 1.92 bits per heavy atom. The van der Waals surface area contributed by atoms with Crippen molar-refractivity contribution in [1.82, 2.24) is 0 Å². The van der Waals surface area contributed by atoms with E-state index in [1.807, 2.05) is 0 Å². The van der Waals surface area contributed by atoms with Crippen LogP contribution < -0.4 is 10.1 Å². The topological polar surface area (TPSA) is 64.6 Å². The Hall–Kier alpha value is -2.31. The SMILES string of the molecule is CCOC(=O)COc1cccc(NC(=O)c2cc(F)c(Cl)cc2Cl)c1. The van der Waals surface area contributed by atoms with Crippen molar-refractivity contribution in [2.24, 2.45) is 0 Å². The zero-order valence-corrected chi connectivity index (χ0v) is 14.7. The van der Waals surface area contributed by atoms with E-state index in [2.05, 4.69) is 5.32 Å². The Morgan fingerprint density at radius 3 is 2.64 bits per heavy atom. The van der Waals surface area contributed by atoms with E-state index >= 15 is 0 Å². The van der Waals surface area contributed by atoms with Crippen LogP contribution in [0, 0.1) is 5.82 Å². The minimum absolute atomic E-state index is 0.0265. The maximum absolute atomic E-state index is 13.5. The molecule has 0 fully saturated rings. The second-order valence-electron chi connectivity index (χ2n) is 4.82. The molecule has 1 amide bonds. The summed E-state index contributed by atoms with van der Waals surface area (Å²) in [5.74, 6) is -1.49. The monoisotopic (exact) mass is 385 g/mol. The van der Waals surface area contributed by atoms with Crippen molar-refractivity contribution in [3.8, 4) is 5.75 Å². The van der Waals surface area contributed by atoms with Gasteiger partial charge in [-0.3, -0.25) is 4.79 Å². The van der Waals surface area contributed by atoms with Gasteiger partial charge in [-0.05, 0) is 31.2 Å². The Balaban J connectivity index is 2.07. The summed E-state index contributed by atoms with van der Waals surface area (Å²) in [6.45, 7) is 1.70. The van der Waals surface area contributed by atoms with Crippen LogP contribution in [0.4, 0.5) is 10.1 Å². The molecule has 0 radical (unpaired) electrons. The van der Waals surface area contributed by atoms with Crippen LogP contribution in [0.5, 0.6) is 5.75 Å². The average molecular weight is 386 g/mol. The minimum atomic E-state index is -0.747. The van der Waals surface area contributed by atoms with Crippen LogP contribution in [0.15, 0.2) is 36.4 Å². The first kappa shape index (κ1) is 19.0. The lowest BCUT2D eigenvalue weighted by Gasteiger charge is -2.10. The summed E-state index contributed by atoms with van der Waals surface area (Å²) < 4.78 is 23.6. The van der Waals surface area contributed by atoms with Gasteiger partial charge >= 0.3 is 5.97 Å². The molecule has 0 saturated carbocycles. The molecule has 0 spiro atoms. The number of carbonyl (C=O) groups excluding carboxylic acids is 2. The Labute approximate surface area is 153 Å². The molecule has 1 N–H and O–H groups in total. The molecule has 0 atom stereocenters. The largest absolute Gasteiger partial charge is 0.482 e. The third-order valence-corrected chi connectivity index (χ3v) is 3.61. The smallest absolute Gasteiger partial charge is 0.344 e. The number of nitrogens with one attached hydrogen (secondary N) is 1. The van der Waals surface area contributed by atoms with Gasteiger partial charge in [-0.2, -0.15) is 0 Å². The first-order chi connectivity index (χ1) is 11.9. The Bertz CT molecular complexity index is 798. The number of rotatable bonds is 6. The fraction of sp³-hybridized carbons (Fsp3) is 0.176. The summed E-state index contributed by atoms with van der Waals surface area (Å²) in [7, 11) is 0. The highest BCUT2D eigenvalue weighted by Gasteiger charge is 2.15. The average Bonchev–Trinajstić information content (AvgIpc) is 2.57. The third kappa shape index (κ3) is 5.34. The molecule has 2 aromatic carbocycles. The van der Waals surface area contributed by atoms with E-state index in [4.69, 9.17) is 32.7 Å². The molecule has 0 aromatic heterocycles. The first-order valence-corrected chi connectivity index (χ1v) is 8.00. The van der Waals surface area contributed by atoms with Crippen molar-refractivity contribution < 1.29 is 23.5 Å². The Morgan fingerprint density at radius 1 is 1.16 bits per heavy atom. The van der Waals surface area contributed by atoms with Gasteiger partial charge in [0, 0.05) is 11.8 Å². The molecule has 0 aliphatic rings. The highest BCUT2D eigenvalue weighted by Crippen LogP contribution is 2.25. The summed E-state index contributed by atoms with van der Waals surface area (Å²) in [4.78, 5) is 23.5. The van der Waals surface area contributed by atoms with Crippen LogP contribution in [0.25, 0.3) is 0 Å². The number of ether oxygens (including phenoxy) is 2. The third-order valence-electron chi connectivity index (χ3n) is 3.01. The van der Waals surface area contributed by atoms with E-state index < -0.39 is 17.7 Å². The summed E-state index contributed by atoms with van der Waals surface area (Å²) in [6, 6.07) is 8.48. The molecule has 2 rings (SSSR count). The number of benzene rings is 2. The maximum atomic E-state index is 13.5. The van der Waals surface area contributed by atoms with Crippen molar-refractivity contribution in [1.29, 1.82) is 0 Å². The van der Waals surface area contributed by atoms with Gasteiger partial charge in [0.15, 0.2) is 6.61 Å². The van der Waals surface area contributed by atoms with E-state index in [1.165, 1.54) is 6.07 Å². The van der Waals surface area contributed by atoms with Gasteiger partial charge in [-0.25, -0.2) is 9.18 Å². The lowest BCUT2D eigenvalue weighted by Crippen LogP contribution is -2.15. The molecule has 0 aliphatic carbocycles.